The van der Waals surface area contributed by atoms with Crippen molar-refractivity contribution >= 4 is 17.2 Å². The van der Waals surface area contributed by atoms with Crippen LogP contribution in [-0.2, 0) is 0 Å². The first-order valence-electron chi connectivity index (χ1n) is 7.40. The van der Waals surface area contributed by atoms with E-state index in [4.69, 9.17) is 4.74 Å². The Kier molecular flexibility index (Phi) is 4.73. The molecule has 2 aromatic heterocycles. The molecule has 0 aliphatic carbocycles. The second-order valence-corrected chi connectivity index (χ2v) is 4.87. The highest BCUT2D eigenvalue weighted by atomic mass is 19.3. The van der Waals surface area contributed by atoms with Gasteiger partial charge in [-0.05, 0) is 25.1 Å². The summed E-state index contributed by atoms with van der Waals surface area (Å²) in [6.07, 6.45) is 4.62. The van der Waals surface area contributed by atoms with Crippen molar-refractivity contribution in [3.8, 4) is 11.5 Å². The number of benzene rings is 1. The second kappa shape index (κ2) is 7.12. The van der Waals surface area contributed by atoms with Crippen molar-refractivity contribution in [1.29, 1.82) is 0 Å². The molecule has 0 aliphatic rings. The van der Waals surface area contributed by atoms with Gasteiger partial charge in [-0.2, -0.15) is 13.9 Å². The van der Waals surface area contributed by atoms with Crippen LogP contribution in [0.25, 0.3) is 5.65 Å². The van der Waals surface area contributed by atoms with Gasteiger partial charge >= 0.3 is 6.61 Å². The van der Waals surface area contributed by atoms with Crippen molar-refractivity contribution in [2.45, 2.75) is 13.5 Å². The highest BCUT2D eigenvalue weighted by molar-refractivity contribution is 6.08. The molecule has 25 heavy (non-hydrogen) atoms. The van der Waals surface area contributed by atoms with Gasteiger partial charge in [0.25, 0.3) is 5.91 Å². The van der Waals surface area contributed by atoms with E-state index in [1.807, 2.05) is 0 Å². The van der Waals surface area contributed by atoms with E-state index in [1.165, 1.54) is 28.9 Å². The number of hydrogen-bond donors (Lipinski definition) is 1. The van der Waals surface area contributed by atoms with Crippen LogP contribution in [0.4, 0.5) is 14.5 Å². The summed E-state index contributed by atoms with van der Waals surface area (Å²) in [5.74, 6) is -0.426. The molecule has 0 spiro atoms. The maximum atomic E-state index is 12.4. The number of alkyl halides is 2. The Balaban J connectivity index is 1.84. The number of aromatic nitrogens is 3. The maximum absolute atomic E-state index is 12.4. The summed E-state index contributed by atoms with van der Waals surface area (Å²) in [5.41, 5.74) is 1.06. The van der Waals surface area contributed by atoms with Gasteiger partial charge in [0, 0.05) is 24.1 Å². The SMILES string of the molecule is CCOc1cc(NC(=O)c2cnn3cccnc23)ccc1OC(F)F. The third-order valence-corrected chi connectivity index (χ3v) is 3.24. The van der Waals surface area contributed by atoms with Gasteiger partial charge in [-0.3, -0.25) is 4.79 Å². The van der Waals surface area contributed by atoms with E-state index in [0.29, 0.717) is 11.3 Å². The Morgan fingerprint density at radius 1 is 1.36 bits per heavy atom. The van der Waals surface area contributed by atoms with Gasteiger partial charge in [0.15, 0.2) is 17.1 Å². The molecular formula is C16H14F2N4O3. The molecule has 0 saturated heterocycles. The van der Waals surface area contributed by atoms with Crippen molar-refractivity contribution in [3.05, 3.63) is 48.4 Å². The van der Waals surface area contributed by atoms with Crippen LogP contribution >= 0.6 is 0 Å². The zero-order valence-electron chi connectivity index (χ0n) is 13.1. The molecule has 1 N–H and O–H groups in total. The number of fused-ring (bicyclic) bond motifs is 1. The molecule has 9 heteroatoms. The summed E-state index contributed by atoms with van der Waals surface area (Å²) in [6, 6.07) is 5.86. The molecule has 0 radical (unpaired) electrons. The van der Waals surface area contributed by atoms with Crippen LogP contribution in [-0.4, -0.2) is 33.7 Å². The van der Waals surface area contributed by atoms with Crippen molar-refractivity contribution < 1.29 is 23.0 Å². The van der Waals surface area contributed by atoms with E-state index in [2.05, 4.69) is 20.1 Å². The van der Waals surface area contributed by atoms with E-state index >= 15 is 0 Å². The minimum atomic E-state index is -2.97. The molecule has 2 heterocycles. The molecule has 1 amide bonds. The monoisotopic (exact) mass is 348 g/mol. The van der Waals surface area contributed by atoms with Gasteiger partial charge in [0.2, 0.25) is 0 Å². The fourth-order valence-electron chi connectivity index (χ4n) is 2.23. The van der Waals surface area contributed by atoms with Gasteiger partial charge in [0.05, 0.1) is 12.8 Å². The Hall–Kier alpha value is -3.23. The first-order valence-corrected chi connectivity index (χ1v) is 7.40. The molecule has 7 nitrogen and oxygen atoms in total. The molecule has 130 valence electrons. The van der Waals surface area contributed by atoms with Crippen LogP contribution < -0.4 is 14.8 Å². The summed E-state index contributed by atoms with van der Waals surface area (Å²) in [4.78, 5) is 16.5. The molecular weight excluding hydrogens is 334 g/mol. The number of nitrogens with one attached hydrogen (secondary N) is 1. The van der Waals surface area contributed by atoms with E-state index in [9.17, 15) is 13.6 Å². The molecule has 0 aliphatic heterocycles. The van der Waals surface area contributed by atoms with Crippen LogP contribution in [0.15, 0.2) is 42.9 Å². The average molecular weight is 348 g/mol. The first kappa shape index (κ1) is 16.6. The zero-order chi connectivity index (χ0) is 17.8. The minimum absolute atomic E-state index is 0.104. The third-order valence-electron chi connectivity index (χ3n) is 3.24. The fourth-order valence-corrected chi connectivity index (χ4v) is 2.23. The lowest BCUT2D eigenvalue weighted by atomic mass is 10.2. The summed E-state index contributed by atoms with van der Waals surface area (Å²) in [7, 11) is 0. The summed E-state index contributed by atoms with van der Waals surface area (Å²) in [5, 5.41) is 6.70. The Morgan fingerprint density at radius 2 is 2.20 bits per heavy atom. The highest BCUT2D eigenvalue weighted by Gasteiger charge is 2.16. The van der Waals surface area contributed by atoms with Gasteiger partial charge in [0.1, 0.15) is 5.56 Å². The van der Waals surface area contributed by atoms with Gasteiger partial charge in [-0.15, -0.1) is 0 Å². The minimum Gasteiger partial charge on any atom is -0.490 e. The third kappa shape index (κ3) is 3.65. The number of nitrogens with zero attached hydrogens (tertiary/aromatic N) is 3. The van der Waals surface area contributed by atoms with E-state index in [0.717, 1.165) is 0 Å². The van der Waals surface area contributed by atoms with Crippen LogP contribution in [0.3, 0.4) is 0 Å². The number of rotatable bonds is 6. The quantitative estimate of drug-likeness (QED) is 0.741. The van der Waals surface area contributed by atoms with Gasteiger partial charge in [-0.25, -0.2) is 9.50 Å². The van der Waals surface area contributed by atoms with Crippen molar-refractivity contribution in [1.82, 2.24) is 14.6 Å². The Morgan fingerprint density at radius 3 is 2.96 bits per heavy atom. The predicted octanol–water partition coefficient (Wildman–Crippen LogP) is 2.98. The van der Waals surface area contributed by atoms with Crippen LogP contribution in [0.5, 0.6) is 11.5 Å². The molecule has 0 fully saturated rings. The topological polar surface area (TPSA) is 77.8 Å². The number of halogens is 2. The van der Waals surface area contributed by atoms with E-state index in [-0.39, 0.29) is 23.7 Å². The molecule has 1 aromatic carbocycles. The molecule has 0 bridgehead atoms. The van der Waals surface area contributed by atoms with Crippen LogP contribution in [0.2, 0.25) is 0 Å². The summed E-state index contributed by atoms with van der Waals surface area (Å²) >= 11 is 0. The molecule has 0 atom stereocenters. The Labute approximate surface area is 141 Å². The number of ether oxygens (including phenoxy) is 2. The molecule has 3 aromatic rings. The molecule has 0 unspecified atom stereocenters. The number of hydrogen-bond acceptors (Lipinski definition) is 5. The average Bonchev–Trinajstić information content (AvgIpc) is 3.01. The smallest absolute Gasteiger partial charge is 0.387 e. The molecule has 3 rings (SSSR count). The van der Waals surface area contributed by atoms with Gasteiger partial charge in [-0.1, -0.05) is 0 Å². The van der Waals surface area contributed by atoms with Crippen molar-refractivity contribution in [2.75, 3.05) is 11.9 Å². The maximum Gasteiger partial charge on any atom is 0.387 e. The van der Waals surface area contributed by atoms with E-state index in [1.54, 1.807) is 25.4 Å². The lowest BCUT2D eigenvalue weighted by Gasteiger charge is -2.13. The number of amides is 1. The molecule has 0 saturated carbocycles. The lowest BCUT2D eigenvalue weighted by Crippen LogP contribution is -2.12. The largest absolute Gasteiger partial charge is 0.490 e. The number of anilines is 1. The highest BCUT2D eigenvalue weighted by Crippen LogP contribution is 2.32. The number of carbonyl (C=O) groups is 1. The van der Waals surface area contributed by atoms with Crippen LogP contribution in [0.1, 0.15) is 17.3 Å². The first-order chi connectivity index (χ1) is 12.1. The van der Waals surface area contributed by atoms with Crippen LogP contribution in [0, 0.1) is 0 Å². The lowest BCUT2D eigenvalue weighted by molar-refractivity contribution is -0.0514. The number of carbonyl (C=O) groups excluding carboxylic acids is 1. The Bertz CT molecular complexity index is 898. The second-order valence-electron chi connectivity index (χ2n) is 4.87. The summed E-state index contributed by atoms with van der Waals surface area (Å²) < 4.78 is 36.0. The van der Waals surface area contributed by atoms with Crippen molar-refractivity contribution in [2.24, 2.45) is 0 Å². The van der Waals surface area contributed by atoms with E-state index < -0.39 is 12.5 Å². The standard InChI is InChI=1S/C16H14F2N4O3/c1-2-24-13-8-10(4-5-12(13)25-16(17)18)21-15(23)11-9-20-22-7-3-6-19-14(11)22/h3-9,16H,2H2,1H3,(H,21,23). The normalized spacial score (nSPS) is 10.9. The predicted molar refractivity (Wildman–Crippen MR) is 85.2 cm³/mol. The summed E-state index contributed by atoms with van der Waals surface area (Å²) in [6.45, 7) is -0.999. The van der Waals surface area contributed by atoms with Gasteiger partial charge < -0.3 is 14.8 Å². The fraction of sp³-hybridized carbons (Fsp3) is 0.188. The zero-order valence-corrected chi connectivity index (χ0v) is 13.1. The van der Waals surface area contributed by atoms with Crippen molar-refractivity contribution in [3.63, 3.8) is 0 Å².